The predicted molar refractivity (Wildman–Crippen MR) is 75.7 cm³/mol. The number of hydrogen-bond acceptors (Lipinski definition) is 3. The zero-order chi connectivity index (χ0) is 13.3. The lowest BCUT2D eigenvalue weighted by atomic mass is 10.1. The summed E-state index contributed by atoms with van der Waals surface area (Å²) in [6.45, 7) is 5.54. The Kier molecular flexibility index (Phi) is 12.2. The van der Waals surface area contributed by atoms with Gasteiger partial charge in [-0.05, 0) is 19.3 Å². The monoisotopic (exact) mass is 279 g/mol. The quantitative estimate of drug-likeness (QED) is 0.693. The molecule has 0 bridgehead atoms. The van der Waals surface area contributed by atoms with E-state index in [1.54, 1.807) is 11.9 Å². The van der Waals surface area contributed by atoms with Crippen LogP contribution in [-0.4, -0.2) is 42.9 Å². The van der Waals surface area contributed by atoms with Crippen molar-refractivity contribution in [2.24, 2.45) is 5.73 Å². The summed E-state index contributed by atoms with van der Waals surface area (Å²) in [5.74, 6) is -0.122. The van der Waals surface area contributed by atoms with Crippen molar-refractivity contribution in [1.82, 2.24) is 10.2 Å². The van der Waals surface area contributed by atoms with Crippen molar-refractivity contribution in [1.29, 1.82) is 0 Å². The lowest BCUT2D eigenvalue weighted by Gasteiger charge is -2.24. The van der Waals surface area contributed by atoms with Crippen molar-refractivity contribution < 1.29 is 9.59 Å². The molecule has 0 aliphatic heterocycles. The molecule has 0 aliphatic rings. The topological polar surface area (TPSA) is 75.4 Å². The van der Waals surface area contributed by atoms with Gasteiger partial charge in [0.2, 0.25) is 11.8 Å². The molecule has 0 aromatic carbocycles. The molecule has 0 aromatic rings. The van der Waals surface area contributed by atoms with E-state index in [2.05, 4.69) is 5.32 Å². The molecule has 0 rings (SSSR count). The van der Waals surface area contributed by atoms with Gasteiger partial charge in [0.1, 0.15) is 0 Å². The second-order valence-electron chi connectivity index (χ2n) is 4.14. The van der Waals surface area contributed by atoms with Crippen LogP contribution in [0.15, 0.2) is 0 Å². The fraction of sp³-hybridized carbons (Fsp3) is 0.833. The highest BCUT2D eigenvalue weighted by molar-refractivity contribution is 5.85. The summed E-state index contributed by atoms with van der Waals surface area (Å²) in [5.41, 5.74) is 5.81. The summed E-state index contributed by atoms with van der Waals surface area (Å²) in [7, 11) is 1.58. The van der Waals surface area contributed by atoms with E-state index >= 15 is 0 Å². The number of halogens is 1. The standard InChI is InChI=1S/C12H25N3O2.ClH/c1-4-8-15(9-5-2)12(17)10(13)6-7-11(16)14-3;/h10H,4-9,13H2,1-3H3,(H,14,16);1H. The Labute approximate surface area is 116 Å². The first-order valence-corrected chi connectivity index (χ1v) is 6.31. The van der Waals surface area contributed by atoms with Crippen molar-refractivity contribution in [3.05, 3.63) is 0 Å². The molecule has 2 amide bonds. The van der Waals surface area contributed by atoms with Gasteiger partial charge in [-0.25, -0.2) is 0 Å². The lowest BCUT2D eigenvalue weighted by Crippen LogP contribution is -2.44. The second kappa shape index (κ2) is 11.3. The molecule has 0 saturated heterocycles. The molecule has 0 saturated carbocycles. The zero-order valence-electron chi connectivity index (χ0n) is 11.6. The van der Waals surface area contributed by atoms with E-state index in [-0.39, 0.29) is 24.2 Å². The molecule has 0 radical (unpaired) electrons. The molecule has 1 unspecified atom stereocenters. The SMILES string of the molecule is CCCN(CCC)C(=O)C(N)CCC(=O)NC.Cl. The first kappa shape index (κ1) is 19.5. The van der Waals surface area contributed by atoms with Crippen molar-refractivity contribution in [2.45, 2.75) is 45.6 Å². The Morgan fingerprint density at radius 2 is 1.72 bits per heavy atom. The number of hydrogen-bond donors (Lipinski definition) is 2. The normalized spacial score (nSPS) is 11.3. The van der Waals surface area contributed by atoms with Crippen molar-refractivity contribution >= 4 is 24.2 Å². The Morgan fingerprint density at radius 1 is 1.22 bits per heavy atom. The average Bonchev–Trinajstić information content (AvgIpc) is 2.34. The molecule has 108 valence electrons. The van der Waals surface area contributed by atoms with Gasteiger partial charge in [-0.1, -0.05) is 13.8 Å². The number of nitrogens with two attached hydrogens (primary N) is 1. The first-order chi connectivity index (χ1) is 8.06. The zero-order valence-corrected chi connectivity index (χ0v) is 12.4. The van der Waals surface area contributed by atoms with Gasteiger partial charge >= 0.3 is 0 Å². The van der Waals surface area contributed by atoms with Crippen LogP contribution in [0.1, 0.15) is 39.5 Å². The van der Waals surface area contributed by atoms with Gasteiger partial charge in [0.25, 0.3) is 0 Å². The third-order valence-electron chi connectivity index (χ3n) is 2.58. The molecule has 18 heavy (non-hydrogen) atoms. The highest BCUT2D eigenvalue weighted by atomic mass is 35.5. The van der Waals surface area contributed by atoms with Crippen molar-refractivity contribution in [3.63, 3.8) is 0 Å². The maximum absolute atomic E-state index is 12.0. The Bertz CT molecular complexity index is 243. The Morgan fingerprint density at radius 3 is 2.11 bits per heavy atom. The van der Waals surface area contributed by atoms with Gasteiger partial charge in [-0.2, -0.15) is 0 Å². The molecule has 6 heteroatoms. The average molecular weight is 280 g/mol. The summed E-state index contributed by atoms with van der Waals surface area (Å²) in [4.78, 5) is 24.8. The van der Waals surface area contributed by atoms with E-state index < -0.39 is 6.04 Å². The van der Waals surface area contributed by atoms with Crippen molar-refractivity contribution in [2.75, 3.05) is 20.1 Å². The fourth-order valence-electron chi connectivity index (χ4n) is 1.64. The number of carbonyl (C=O) groups is 2. The number of rotatable bonds is 8. The van der Waals surface area contributed by atoms with Crippen LogP contribution >= 0.6 is 12.4 Å². The third-order valence-corrected chi connectivity index (χ3v) is 2.58. The number of nitrogens with zero attached hydrogens (tertiary/aromatic N) is 1. The number of amides is 2. The highest BCUT2D eigenvalue weighted by Gasteiger charge is 2.20. The minimum Gasteiger partial charge on any atom is -0.359 e. The van der Waals surface area contributed by atoms with Gasteiger partial charge in [0, 0.05) is 26.6 Å². The van der Waals surface area contributed by atoms with Gasteiger partial charge in [0.15, 0.2) is 0 Å². The number of carbonyl (C=O) groups excluding carboxylic acids is 2. The van der Waals surface area contributed by atoms with E-state index in [0.29, 0.717) is 12.8 Å². The Hall–Kier alpha value is -0.810. The largest absolute Gasteiger partial charge is 0.359 e. The van der Waals surface area contributed by atoms with Gasteiger partial charge in [-0.15, -0.1) is 12.4 Å². The molecule has 1 atom stereocenters. The first-order valence-electron chi connectivity index (χ1n) is 6.31. The molecule has 3 N–H and O–H groups in total. The summed E-state index contributed by atoms with van der Waals surface area (Å²) in [6.07, 6.45) is 2.56. The van der Waals surface area contributed by atoms with Crippen LogP contribution in [-0.2, 0) is 9.59 Å². The Balaban J connectivity index is 0. The molecule has 5 nitrogen and oxygen atoms in total. The molecule has 0 spiro atoms. The highest BCUT2D eigenvalue weighted by Crippen LogP contribution is 2.03. The van der Waals surface area contributed by atoms with E-state index in [0.717, 1.165) is 25.9 Å². The summed E-state index contributed by atoms with van der Waals surface area (Å²) in [6, 6.07) is -0.564. The van der Waals surface area contributed by atoms with Crippen LogP contribution in [0.4, 0.5) is 0 Å². The summed E-state index contributed by atoms with van der Waals surface area (Å²) >= 11 is 0. The summed E-state index contributed by atoms with van der Waals surface area (Å²) in [5, 5.41) is 2.52. The van der Waals surface area contributed by atoms with Crippen LogP contribution < -0.4 is 11.1 Å². The molecular weight excluding hydrogens is 254 g/mol. The maximum Gasteiger partial charge on any atom is 0.239 e. The third kappa shape index (κ3) is 7.50. The minimum atomic E-state index is -0.564. The molecule has 0 aromatic heterocycles. The molecule has 0 fully saturated rings. The van der Waals surface area contributed by atoms with E-state index in [9.17, 15) is 9.59 Å². The molecule has 0 aliphatic carbocycles. The van der Waals surface area contributed by atoms with Gasteiger partial charge < -0.3 is 16.0 Å². The van der Waals surface area contributed by atoms with Crippen LogP contribution in [0, 0.1) is 0 Å². The van der Waals surface area contributed by atoms with Gasteiger partial charge in [0.05, 0.1) is 6.04 Å². The van der Waals surface area contributed by atoms with Crippen LogP contribution in [0.25, 0.3) is 0 Å². The van der Waals surface area contributed by atoms with E-state index in [1.165, 1.54) is 0 Å². The smallest absolute Gasteiger partial charge is 0.239 e. The fourth-order valence-corrected chi connectivity index (χ4v) is 1.64. The van der Waals surface area contributed by atoms with E-state index in [1.807, 2.05) is 13.8 Å². The van der Waals surface area contributed by atoms with E-state index in [4.69, 9.17) is 5.73 Å². The van der Waals surface area contributed by atoms with Gasteiger partial charge in [-0.3, -0.25) is 9.59 Å². The predicted octanol–water partition coefficient (Wildman–Crippen LogP) is 0.910. The molecule has 0 heterocycles. The van der Waals surface area contributed by atoms with Crippen LogP contribution in [0.3, 0.4) is 0 Å². The van der Waals surface area contributed by atoms with Crippen LogP contribution in [0.5, 0.6) is 0 Å². The maximum atomic E-state index is 12.0. The van der Waals surface area contributed by atoms with Crippen molar-refractivity contribution in [3.8, 4) is 0 Å². The number of nitrogens with one attached hydrogen (secondary N) is 1. The van der Waals surface area contributed by atoms with Crippen LogP contribution in [0.2, 0.25) is 0 Å². The lowest BCUT2D eigenvalue weighted by molar-refractivity contribution is -0.133. The second-order valence-corrected chi connectivity index (χ2v) is 4.14. The minimum absolute atomic E-state index is 0. The molecular formula is C12H26ClN3O2. The summed E-state index contributed by atoms with van der Waals surface area (Å²) < 4.78 is 0.